The van der Waals surface area contributed by atoms with Gasteiger partial charge in [-0.3, -0.25) is 0 Å². The second-order valence-corrected chi connectivity index (χ2v) is 4.44. The van der Waals surface area contributed by atoms with E-state index in [2.05, 4.69) is 6.08 Å². The van der Waals surface area contributed by atoms with Crippen LogP contribution in [-0.4, -0.2) is 0 Å². The fourth-order valence-corrected chi connectivity index (χ4v) is 2.16. The van der Waals surface area contributed by atoms with E-state index in [0.29, 0.717) is 0 Å². The molecule has 1 saturated carbocycles. The smallest absolute Gasteiger partial charge is 0.0320 e. The molecule has 12 heavy (non-hydrogen) atoms. The van der Waals surface area contributed by atoms with E-state index in [4.69, 9.17) is 0 Å². The predicted molar refractivity (Wildman–Crippen MR) is 53.1 cm³/mol. The van der Waals surface area contributed by atoms with Crippen molar-refractivity contribution in [2.24, 2.45) is 5.92 Å². The first-order valence-corrected chi connectivity index (χ1v) is 5.63. The minimum absolute atomic E-state index is 1.13. The first kappa shape index (κ1) is 8.34. The summed E-state index contributed by atoms with van der Waals surface area (Å²) in [6.45, 7) is 0. The molecule has 0 unspecified atom stereocenters. The summed E-state index contributed by atoms with van der Waals surface area (Å²) in [7, 11) is 0. The van der Waals surface area contributed by atoms with E-state index in [9.17, 15) is 0 Å². The third kappa shape index (κ3) is 2.66. The fraction of sp³-hybridized carbons (Fsp3) is 0.833. The van der Waals surface area contributed by atoms with Gasteiger partial charge in [-0.25, -0.2) is 0 Å². The van der Waals surface area contributed by atoms with Crippen LogP contribution in [0, 0.1) is 5.92 Å². The number of hydrogen-bond donors (Lipinski definition) is 0. The van der Waals surface area contributed by atoms with Crippen molar-refractivity contribution in [1.82, 2.24) is 0 Å². The normalized spacial score (nSPS) is 23.8. The van der Waals surface area contributed by atoms with Crippen molar-refractivity contribution in [3.8, 4) is 0 Å². The number of allylic oxidation sites excluding steroid dienone is 2. The lowest BCUT2D eigenvalue weighted by molar-refractivity contribution is 0.619. The zero-order valence-corrected chi connectivity index (χ0v) is 8.02. The van der Waals surface area contributed by atoms with Gasteiger partial charge in [-0.2, -0.15) is 0 Å². The quantitative estimate of drug-likeness (QED) is 0.549. The van der Waals surface area contributed by atoms with Crippen molar-refractivity contribution in [3.05, 3.63) is 11.6 Å². The summed E-state index contributed by atoms with van der Waals surface area (Å²) < 4.78 is 0. The molecule has 0 nitrogen and oxygen atoms in total. The highest BCUT2D eigenvalue weighted by atomic mass is 14.3. The maximum Gasteiger partial charge on any atom is -0.0320 e. The first-order chi connectivity index (χ1) is 5.95. The molecule has 0 spiro atoms. The molecule has 0 atom stereocenters. The maximum absolute atomic E-state index is 2.50. The molecule has 2 aliphatic carbocycles. The molecule has 0 heteroatoms. The predicted octanol–water partition coefficient (Wildman–Crippen LogP) is 4.07. The standard InChI is InChI=1S/C12H20/c1-2-5-11(6-3-1)7-4-8-12-9-10-12/h5,12H,1-4,6-10H2. The Morgan fingerprint density at radius 1 is 1.25 bits per heavy atom. The highest BCUT2D eigenvalue weighted by molar-refractivity contribution is 5.04. The van der Waals surface area contributed by atoms with Gasteiger partial charge in [0, 0.05) is 0 Å². The molecule has 0 bridgehead atoms. The lowest BCUT2D eigenvalue weighted by Crippen LogP contribution is -1.92. The number of hydrogen-bond acceptors (Lipinski definition) is 0. The number of rotatable bonds is 4. The van der Waals surface area contributed by atoms with E-state index >= 15 is 0 Å². The van der Waals surface area contributed by atoms with Crippen LogP contribution in [0.15, 0.2) is 11.6 Å². The van der Waals surface area contributed by atoms with Gasteiger partial charge in [0.15, 0.2) is 0 Å². The average molecular weight is 164 g/mol. The Hall–Kier alpha value is -0.260. The van der Waals surface area contributed by atoms with Crippen LogP contribution in [0.5, 0.6) is 0 Å². The molecule has 1 fully saturated rings. The highest BCUT2D eigenvalue weighted by Gasteiger charge is 2.20. The summed E-state index contributed by atoms with van der Waals surface area (Å²) in [5.74, 6) is 1.13. The zero-order valence-electron chi connectivity index (χ0n) is 8.02. The highest BCUT2D eigenvalue weighted by Crippen LogP contribution is 2.35. The van der Waals surface area contributed by atoms with Gasteiger partial charge in [-0.15, -0.1) is 0 Å². The van der Waals surface area contributed by atoms with Gasteiger partial charge in [-0.1, -0.05) is 30.9 Å². The molecule has 0 radical (unpaired) electrons. The second-order valence-electron chi connectivity index (χ2n) is 4.44. The summed E-state index contributed by atoms with van der Waals surface area (Å²) in [6, 6.07) is 0. The van der Waals surface area contributed by atoms with Crippen molar-refractivity contribution in [2.45, 2.75) is 57.8 Å². The third-order valence-corrected chi connectivity index (χ3v) is 3.19. The molecular formula is C12H20. The summed E-state index contributed by atoms with van der Waals surface area (Å²) in [4.78, 5) is 0. The molecular weight excluding hydrogens is 144 g/mol. The molecule has 0 saturated heterocycles. The average Bonchev–Trinajstić information content (AvgIpc) is 2.90. The first-order valence-electron chi connectivity index (χ1n) is 5.63. The second kappa shape index (κ2) is 4.11. The molecule has 0 amide bonds. The lowest BCUT2D eigenvalue weighted by Gasteiger charge is -2.11. The third-order valence-electron chi connectivity index (χ3n) is 3.19. The minimum atomic E-state index is 1.13. The van der Waals surface area contributed by atoms with Crippen LogP contribution in [0.25, 0.3) is 0 Å². The van der Waals surface area contributed by atoms with Gasteiger partial charge in [-0.05, 0) is 44.4 Å². The SMILES string of the molecule is C1=C(CCCC2CC2)CCCC1. The minimum Gasteiger partial charge on any atom is -0.0853 e. The Bertz CT molecular complexity index is 163. The van der Waals surface area contributed by atoms with Crippen LogP contribution in [0.2, 0.25) is 0 Å². The molecule has 0 aliphatic heterocycles. The molecule has 2 aliphatic rings. The van der Waals surface area contributed by atoms with Crippen LogP contribution >= 0.6 is 0 Å². The monoisotopic (exact) mass is 164 g/mol. The van der Waals surface area contributed by atoms with Crippen molar-refractivity contribution >= 4 is 0 Å². The van der Waals surface area contributed by atoms with Gasteiger partial charge in [0.25, 0.3) is 0 Å². The van der Waals surface area contributed by atoms with Crippen LogP contribution in [-0.2, 0) is 0 Å². The van der Waals surface area contributed by atoms with Crippen LogP contribution in [0.3, 0.4) is 0 Å². The van der Waals surface area contributed by atoms with Crippen LogP contribution in [0.1, 0.15) is 57.8 Å². The molecule has 2 rings (SSSR count). The zero-order chi connectivity index (χ0) is 8.23. The van der Waals surface area contributed by atoms with Crippen LogP contribution in [0.4, 0.5) is 0 Å². The molecule has 0 heterocycles. The van der Waals surface area contributed by atoms with E-state index in [1.807, 2.05) is 0 Å². The Morgan fingerprint density at radius 3 is 2.83 bits per heavy atom. The van der Waals surface area contributed by atoms with Gasteiger partial charge < -0.3 is 0 Å². The van der Waals surface area contributed by atoms with Gasteiger partial charge in [0.1, 0.15) is 0 Å². The fourth-order valence-electron chi connectivity index (χ4n) is 2.16. The maximum atomic E-state index is 2.50. The van der Waals surface area contributed by atoms with E-state index in [0.717, 1.165) is 5.92 Å². The summed E-state index contributed by atoms with van der Waals surface area (Å²) in [5, 5.41) is 0. The topological polar surface area (TPSA) is 0 Å². The molecule has 0 N–H and O–H groups in total. The van der Waals surface area contributed by atoms with Crippen LogP contribution < -0.4 is 0 Å². The van der Waals surface area contributed by atoms with E-state index < -0.39 is 0 Å². The molecule has 0 aromatic carbocycles. The van der Waals surface area contributed by atoms with Gasteiger partial charge in [0.05, 0.1) is 0 Å². The van der Waals surface area contributed by atoms with Crippen molar-refractivity contribution < 1.29 is 0 Å². The summed E-state index contributed by atoms with van der Waals surface area (Å²) in [5.41, 5.74) is 1.77. The molecule has 0 aromatic heterocycles. The lowest BCUT2D eigenvalue weighted by atomic mass is 9.95. The van der Waals surface area contributed by atoms with Gasteiger partial charge >= 0.3 is 0 Å². The van der Waals surface area contributed by atoms with E-state index in [-0.39, 0.29) is 0 Å². The van der Waals surface area contributed by atoms with E-state index in [1.165, 1.54) is 57.8 Å². The largest absolute Gasteiger partial charge is 0.0853 e. The summed E-state index contributed by atoms with van der Waals surface area (Å²) >= 11 is 0. The van der Waals surface area contributed by atoms with Crippen molar-refractivity contribution in [2.75, 3.05) is 0 Å². The Morgan fingerprint density at radius 2 is 2.17 bits per heavy atom. The van der Waals surface area contributed by atoms with Crippen molar-refractivity contribution in [3.63, 3.8) is 0 Å². The molecule has 68 valence electrons. The van der Waals surface area contributed by atoms with Crippen molar-refractivity contribution in [1.29, 1.82) is 0 Å². The molecule has 0 aromatic rings. The Labute approximate surface area is 76.1 Å². The summed E-state index contributed by atoms with van der Waals surface area (Å²) in [6.07, 6.45) is 15.6. The van der Waals surface area contributed by atoms with Gasteiger partial charge in [0.2, 0.25) is 0 Å². The Kier molecular flexibility index (Phi) is 2.86. The Balaban J connectivity index is 1.60. The van der Waals surface area contributed by atoms with E-state index in [1.54, 1.807) is 5.57 Å².